The summed E-state index contributed by atoms with van der Waals surface area (Å²) in [6.45, 7) is 3.97. The Labute approximate surface area is 165 Å². The summed E-state index contributed by atoms with van der Waals surface area (Å²) in [5.74, 6) is -4.19. The van der Waals surface area contributed by atoms with Crippen LogP contribution in [-0.4, -0.2) is 53.0 Å². The summed E-state index contributed by atoms with van der Waals surface area (Å²) in [7, 11) is 0. The van der Waals surface area contributed by atoms with Crippen LogP contribution >= 0.6 is 11.6 Å². The molecule has 148 valence electrons. The SMILES string of the molecule is CC(F)(F)[C@H]1CC(=O)Nc2ncnc(-c3cc(Cl)cc(N4CCNCC4)n3)c21. The Hall–Kier alpha value is -2.39. The van der Waals surface area contributed by atoms with Gasteiger partial charge >= 0.3 is 0 Å². The van der Waals surface area contributed by atoms with Crippen molar-refractivity contribution in [3.05, 3.63) is 29.0 Å². The zero-order chi connectivity index (χ0) is 19.9. The minimum absolute atomic E-state index is 0.0956. The van der Waals surface area contributed by atoms with Gasteiger partial charge in [0.2, 0.25) is 5.91 Å². The van der Waals surface area contributed by atoms with E-state index in [1.807, 2.05) is 0 Å². The molecule has 0 spiro atoms. The van der Waals surface area contributed by atoms with E-state index in [1.54, 1.807) is 12.1 Å². The number of nitrogens with zero attached hydrogens (tertiary/aromatic N) is 4. The molecular weight excluding hydrogens is 390 g/mol. The fourth-order valence-corrected chi connectivity index (χ4v) is 3.79. The number of nitrogens with one attached hydrogen (secondary N) is 2. The van der Waals surface area contributed by atoms with E-state index in [9.17, 15) is 13.6 Å². The lowest BCUT2D eigenvalue weighted by Gasteiger charge is -2.31. The van der Waals surface area contributed by atoms with Gasteiger partial charge in [0.05, 0.1) is 17.3 Å². The summed E-state index contributed by atoms with van der Waals surface area (Å²) in [6, 6.07) is 3.34. The maximum Gasteiger partial charge on any atom is 0.252 e. The van der Waals surface area contributed by atoms with Crippen LogP contribution in [0, 0.1) is 0 Å². The number of hydrogen-bond donors (Lipinski definition) is 2. The quantitative estimate of drug-likeness (QED) is 0.812. The van der Waals surface area contributed by atoms with Crippen LogP contribution in [0.2, 0.25) is 5.02 Å². The Morgan fingerprint density at radius 3 is 2.71 bits per heavy atom. The molecule has 28 heavy (non-hydrogen) atoms. The Morgan fingerprint density at radius 1 is 1.25 bits per heavy atom. The molecule has 0 bridgehead atoms. The van der Waals surface area contributed by atoms with Gasteiger partial charge in [0.1, 0.15) is 18.0 Å². The van der Waals surface area contributed by atoms with Crippen LogP contribution in [0.15, 0.2) is 18.5 Å². The number of anilines is 2. The number of aromatic nitrogens is 3. The maximum absolute atomic E-state index is 14.3. The highest BCUT2D eigenvalue weighted by Crippen LogP contribution is 2.45. The summed E-state index contributed by atoms with van der Waals surface area (Å²) in [6.07, 6.45) is 0.889. The monoisotopic (exact) mass is 408 g/mol. The molecule has 0 saturated carbocycles. The standard InChI is InChI=1S/C18H19ClF2N6O/c1-18(20,21)11-8-14(28)26-17-15(11)16(23-9-24-17)12-6-10(19)7-13(25-12)27-4-2-22-3-5-27/h6-7,9,11,22H,2-5,8H2,1H3,(H,23,24,26,28)/t11-/m0/s1. The molecule has 7 nitrogen and oxygen atoms in total. The average molecular weight is 409 g/mol. The third-order valence-corrected chi connectivity index (χ3v) is 5.17. The molecule has 0 radical (unpaired) electrons. The van der Waals surface area contributed by atoms with E-state index in [-0.39, 0.29) is 23.5 Å². The molecule has 1 amide bonds. The van der Waals surface area contributed by atoms with Crippen LogP contribution in [0.3, 0.4) is 0 Å². The maximum atomic E-state index is 14.3. The predicted octanol–water partition coefficient (Wildman–Crippen LogP) is 2.68. The van der Waals surface area contributed by atoms with Crippen molar-refractivity contribution in [3.63, 3.8) is 0 Å². The van der Waals surface area contributed by atoms with Gasteiger partial charge in [-0.25, -0.2) is 23.7 Å². The molecule has 2 aromatic rings. The molecule has 4 heterocycles. The first-order chi connectivity index (χ1) is 13.3. The van der Waals surface area contributed by atoms with E-state index in [4.69, 9.17) is 11.6 Å². The van der Waals surface area contributed by atoms with Crippen LogP contribution in [0.25, 0.3) is 11.4 Å². The average Bonchev–Trinajstić information content (AvgIpc) is 2.66. The molecule has 0 unspecified atom stereocenters. The highest BCUT2D eigenvalue weighted by Gasteiger charge is 2.43. The zero-order valence-corrected chi connectivity index (χ0v) is 15.9. The van der Waals surface area contributed by atoms with Crippen molar-refractivity contribution in [2.45, 2.75) is 25.2 Å². The number of alkyl halides is 2. The highest BCUT2D eigenvalue weighted by molar-refractivity contribution is 6.31. The molecule has 0 aliphatic carbocycles. The Morgan fingerprint density at radius 2 is 2.00 bits per heavy atom. The van der Waals surface area contributed by atoms with Gasteiger partial charge in [-0.1, -0.05) is 11.6 Å². The van der Waals surface area contributed by atoms with E-state index in [0.717, 1.165) is 33.1 Å². The van der Waals surface area contributed by atoms with Gasteiger partial charge in [-0.15, -0.1) is 0 Å². The van der Waals surface area contributed by atoms with E-state index in [2.05, 4.69) is 30.5 Å². The van der Waals surface area contributed by atoms with Gasteiger partial charge in [0.25, 0.3) is 5.92 Å². The fraction of sp³-hybridized carbons (Fsp3) is 0.444. The molecule has 2 aliphatic heterocycles. The van der Waals surface area contributed by atoms with Crippen LogP contribution in [-0.2, 0) is 4.79 Å². The van der Waals surface area contributed by atoms with Gasteiger partial charge in [-0.2, -0.15) is 0 Å². The van der Waals surface area contributed by atoms with Crippen LogP contribution in [0.5, 0.6) is 0 Å². The molecule has 1 saturated heterocycles. The first-order valence-electron chi connectivity index (χ1n) is 8.99. The van der Waals surface area contributed by atoms with E-state index in [0.29, 0.717) is 16.5 Å². The summed E-state index contributed by atoms with van der Waals surface area (Å²) in [4.78, 5) is 26.8. The van der Waals surface area contributed by atoms with E-state index < -0.39 is 17.7 Å². The van der Waals surface area contributed by atoms with Crippen molar-refractivity contribution in [1.29, 1.82) is 0 Å². The zero-order valence-electron chi connectivity index (χ0n) is 15.2. The first-order valence-corrected chi connectivity index (χ1v) is 9.37. The summed E-state index contributed by atoms with van der Waals surface area (Å²) in [5, 5.41) is 6.26. The van der Waals surface area contributed by atoms with Crippen molar-refractivity contribution in [2.24, 2.45) is 0 Å². The number of fused-ring (bicyclic) bond motifs is 1. The molecule has 1 atom stereocenters. The molecule has 1 fully saturated rings. The number of carbonyl (C=O) groups is 1. The largest absolute Gasteiger partial charge is 0.354 e. The molecule has 2 aromatic heterocycles. The van der Waals surface area contributed by atoms with E-state index >= 15 is 0 Å². The smallest absolute Gasteiger partial charge is 0.252 e. The van der Waals surface area contributed by atoms with Crippen molar-refractivity contribution in [2.75, 3.05) is 36.4 Å². The van der Waals surface area contributed by atoms with Crippen LogP contribution in [0.1, 0.15) is 24.8 Å². The van der Waals surface area contributed by atoms with Gasteiger partial charge in [0.15, 0.2) is 0 Å². The molecular formula is C18H19ClF2N6O. The normalized spacial score (nSPS) is 19.9. The predicted molar refractivity (Wildman–Crippen MR) is 102 cm³/mol. The van der Waals surface area contributed by atoms with Crippen molar-refractivity contribution >= 4 is 29.1 Å². The fourth-order valence-electron chi connectivity index (χ4n) is 3.59. The number of pyridine rings is 1. The van der Waals surface area contributed by atoms with Gasteiger partial charge < -0.3 is 15.5 Å². The van der Waals surface area contributed by atoms with Crippen LogP contribution in [0.4, 0.5) is 20.4 Å². The number of carbonyl (C=O) groups excluding carboxylic acids is 1. The number of piperazine rings is 1. The number of hydrogen-bond acceptors (Lipinski definition) is 6. The minimum Gasteiger partial charge on any atom is -0.354 e. The molecule has 2 aliphatic rings. The molecule has 0 aromatic carbocycles. The Kier molecular flexibility index (Phi) is 4.88. The molecule has 2 N–H and O–H groups in total. The van der Waals surface area contributed by atoms with Crippen molar-refractivity contribution in [3.8, 4) is 11.4 Å². The first kappa shape index (κ1) is 18.9. The molecule has 4 rings (SSSR count). The number of halogens is 3. The van der Waals surface area contributed by atoms with Gasteiger partial charge in [0, 0.05) is 43.2 Å². The highest BCUT2D eigenvalue weighted by atomic mass is 35.5. The summed E-state index contributed by atoms with van der Waals surface area (Å²) in [5.41, 5.74) is 0.830. The summed E-state index contributed by atoms with van der Waals surface area (Å²) >= 11 is 6.31. The topological polar surface area (TPSA) is 83.0 Å². The number of amides is 1. The van der Waals surface area contributed by atoms with Crippen LogP contribution < -0.4 is 15.5 Å². The minimum atomic E-state index is -3.12. The summed E-state index contributed by atoms with van der Waals surface area (Å²) < 4.78 is 28.6. The third-order valence-electron chi connectivity index (χ3n) is 4.95. The lowest BCUT2D eigenvalue weighted by atomic mass is 9.86. The lowest BCUT2D eigenvalue weighted by molar-refractivity contribution is -0.119. The second-order valence-electron chi connectivity index (χ2n) is 7.01. The van der Waals surface area contributed by atoms with Gasteiger partial charge in [-0.05, 0) is 19.1 Å². The Balaban J connectivity index is 1.83. The molecule has 10 heteroatoms. The van der Waals surface area contributed by atoms with Gasteiger partial charge in [-0.3, -0.25) is 4.79 Å². The van der Waals surface area contributed by atoms with Crippen molar-refractivity contribution < 1.29 is 13.6 Å². The Bertz CT molecular complexity index is 913. The third kappa shape index (κ3) is 3.64. The lowest BCUT2D eigenvalue weighted by Crippen LogP contribution is -2.43. The second kappa shape index (κ2) is 7.21. The second-order valence-corrected chi connectivity index (χ2v) is 7.45. The van der Waals surface area contributed by atoms with Crippen molar-refractivity contribution in [1.82, 2.24) is 20.3 Å². The number of rotatable bonds is 3. The van der Waals surface area contributed by atoms with E-state index in [1.165, 1.54) is 6.33 Å².